The first-order valence-corrected chi connectivity index (χ1v) is 8.19. The fourth-order valence-electron chi connectivity index (χ4n) is 3.34. The van der Waals surface area contributed by atoms with Crippen LogP contribution >= 0.6 is 0 Å². The summed E-state index contributed by atoms with van der Waals surface area (Å²) in [7, 11) is 0. The number of hydrogen-bond donors (Lipinski definition) is 2. The molecule has 2 aromatic rings. The zero-order chi connectivity index (χ0) is 15.2. The molecule has 1 saturated carbocycles. The van der Waals surface area contributed by atoms with Crippen LogP contribution in [0.2, 0.25) is 0 Å². The van der Waals surface area contributed by atoms with Crippen LogP contribution in [0.5, 0.6) is 0 Å². The second kappa shape index (κ2) is 7.52. The largest absolute Gasteiger partial charge is 0.387 e. The van der Waals surface area contributed by atoms with Gasteiger partial charge in [0.1, 0.15) is 0 Å². The fourth-order valence-corrected chi connectivity index (χ4v) is 3.34. The molecule has 1 heterocycles. The number of nitrogens with zero attached hydrogens (tertiary/aromatic N) is 1. The van der Waals surface area contributed by atoms with Gasteiger partial charge in [-0.1, -0.05) is 30.3 Å². The van der Waals surface area contributed by atoms with Gasteiger partial charge in [0, 0.05) is 25.0 Å². The van der Waals surface area contributed by atoms with E-state index >= 15 is 0 Å². The molecule has 22 heavy (non-hydrogen) atoms. The lowest BCUT2D eigenvalue weighted by Crippen LogP contribution is -2.35. The van der Waals surface area contributed by atoms with Gasteiger partial charge >= 0.3 is 0 Å². The first-order valence-electron chi connectivity index (χ1n) is 8.19. The summed E-state index contributed by atoms with van der Waals surface area (Å²) in [5, 5.41) is 13.7. The van der Waals surface area contributed by atoms with Crippen LogP contribution in [-0.2, 0) is 0 Å². The van der Waals surface area contributed by atoms with E-state index in [-0.39, 0.29) is 0 Å². The molecule has 0 saturated heterocycles. The van der Waals surface area contributed by atoms with E-state index in [0.717, 1.165) is 5.56 Å². The van der Waals surface area contributed by atoms with Crippen molar-refractivity contribution in [3.63, 3.8) is 0 Å². The second-order valence-corrected chi connectivity index (χ2v) is 6.16. The third-order valence-corrected chi connectivity index (χ3v) is 4.69. The highest BCUT2D eigenvalue weighted by atomic mass is 16.3. The highest BCUT2D eigenvalue weighted by Gasteiger charge is 2.22. The normalized spacial score (nSPS) is 23.1. The molecule has 1 unspecified atom stereocenters. The summed E-state index contributed by atoms with van der Waals surface area (Å²) in [5.74, 6) is 0.698. The number of aromatic nitrogens is 1. The van der Waals surface area contributed by atoms with E-state index in [9.17, 15) is 5.11 Å². The fraction of sp³-hybridized carbons (Fsp3) is 0.421. The predicted molar refractivity (Wildman–Crippen MR) is 88.6 cm³/mol. The van der Waals surface area contributed by atoms with Gasteiger partial charge in [0.2, 0.25) is 0 Å². The number of aliphatic hydroxyl groups is 1. The zero-order valence-electron chi connectivity index (χ0n) is 12.9. The summed E-state index contributed by atoms with van der Waals surface area (Å²) in [6, 6.07) is 15.1. The Balaban J connectivity index is 1.44. The zero-order valence-corrected chi connectivity index (χ0v) is 12.9. The number of pyridine rings is 1. The van der Waals surface area contributed by atoms with Crippen LogP contribution in [0.1, 0.15) is 48.8 Å². The quantitative estimate of drug-likeness (QED) is 0.888. The first kappa shape index (κ1) is 15.2. The Morgan fingerprint density at radius 2 is 1.68 bits per heavy atom. The molecule has 116 valence electrons. The van der Waals surface area contributed by atoms with Crippen molar-refractivity contribution in [2.75, 3.05) is 6.54 Å². The van der Waals surface area contributed by atoms with E-state index in [1.54, 1.807) is 12.4 Å². The minimum absolute atomic E-state index is 0.449. The molecular formula is C19H24N2O. The van der Waals surface area contributed by atoms with Crippen LogP contribution in [0.3, 0.4) is 0 Å². The number of aliphatic hydroxyl groups excluding tert-OH is 1. The van der Waals surface area contributed by atoms with Crippen LogP contribution in [0.4, 0.5) is 0 Å². The summed E-state index contributed by atoms with van der Waals surface area (Å²) in [6.45, 7) is 0.616. The summed E-state index contributed by atoms with van der Waals surface area (Å²) in [6.07, 6.45) is 7.83. The van der Waals surface area contributed by atoms with Gasteiger partial charge in [-0.25, -0.2) is 0 Å². The SMILES string of the molecule is OC(CNC1CCC(c2ccccc2)CC1)c1ccncc1. The van der Waals surface area contributed by atoms with Crippen molar-refractivity contribution in [3.05, 3.63) is 66.0 Å². The predicted octanol–water partition coefficient (Wildman–Crippen LogP) is 3.43. The van der Waals surface area contributed by atoms with Gasteiger partial charge < -0.3 is 10.4 Å². The Kier molecular flexibility index (Phi) is 5.20. The van der Waals surface area contributed by atoms with Gasteiger partial charge in [-0.05, 0) is 54.9 Å². The number of nitrogens with one attached hydrogen (secondary N) is 1. The minimum atomic E-state index is -0.449. The summed E-state index contributed by atoms with van der Waals surface area (Å²) in [4.78, 5) is 3.98. The van der Waals surface area contributed by atoms with Gasteiger partial charge in [-0.3, -0.25) is 4.98 Å². The second-order valence-electron chi connectivity index (χ2n) is 6.16. The van der Waals surface area contributed by atoms with E-state index < -0.39 is 6.10 Å². The molecule has 0 amide bonds. The van der Waals surface area contributed by atoms with Crippen LogP contribution in [0, 0.1) is 0 Å². The monoisotopic (exact) mass is 296 g/mol. The lowest BCUT2D eigenvalue weighted by molar-refractivity contribution is 0.164. The Morgan fingerprint density at radius 1 is 1.00 bits per heavy atom. The maximum Gasteiger partial charge on any atom is 0.0915 e. The molecule has 1 aromatic heterocycles. The smallest absolute Gasteiger partial charge is 0.0915 e. The summed E-state index contributed by atoms with van der Waals surface area (Å²) < 4.78 is 0. The van der Waals surface area contributed by atoms with Crippen LogP contribution in [0.25, 0.3) is 0 Å². The highest BCUT2D eigenvalue weighted by molar-refractivity contribution is 5.20. The summed E-state index contributed by atoms with van der Waals surface area (Å²) >= 11 is 0. The Hall–Kier alpha value is -1.71. The first-order chi connectivity index (χ1) is 10.8. The van der Waals surface area contributed by atoms with Gasteiger partial charge in [0.05, 0.1) is 6.10 Å². The third kappa shape index (κ3) is 3.93. The average Bonchev–Trinajstić information content (AvgIpc) is 2.61. The third-order valence-electron chi connectivity index (χ3n) is 4.69. The van der Waals surface area contributed by atoms with Crippen molar-refractivity contribution in [1.29, 1.82) is 0 Å². The van der Waals surface area contributed by atoms with E-state index in [1.807, 2.05) is 12.1 Å². The van der Waals surface area contributed by atoms with Crippen LogP contribution in [0.15, 0.2) is 54.9 Å². The Morgan fingerprint density at radius 3 is 2.36 bits per heavy atom. The van der Waals surface area contributed by atoms with Gasteiger partial charge in [-0.2, -0.15) is 0 Å². The molecular weight excluding hydrogens is 272 g/mol. The minimum Gasteiger partial charge on any atom is -0.387 e. The maximum atomic E-state index is 10.2. The maximum absolute atomic E-state index is 10.2. The van der Waals surface area contributed by atoms with Gasteiger partial charge in [0.25, 0.3) is 0 Å². The Bertz CT molecular complexity index is 550. The standard InChI is InChI=1S/C19H24N2O/c22-19(17-10-12-20-13-11-17)14-21-18-8-6-16(7-9-18)15-4-2-1-3-5-15/h1-5,10-13,16,18-19,21-22H,6-9,14H2. The van der Waals surface area contributed by atoms with E-state index in [1.165, 1.54) is 31.2 Å². The number of hydrogen-bond acceptors (Lipinski definition) is 3. The molecule has 3 heteroatoms. The average molecular weight is 296 g/mol. The van der Waals surface area contributed by atoms with E-state index in [2.05, 4.69) is 40.6 Å². The molecule has 2 N–H and O–H groups in total. The molecule has 1 fully saturated rings. The molecule has 1 aliphatic rings. The van der Waals surface area contributed by atoms with Crippen molar-refractivity contribution in [2.45, 2.75) is 43.7 Å². The molecule has 1 atom stereocenters. The Labute approximate surface area is 132 Å². The number of benzene rings is 1. The molecule has 0 spiro atoms. The van der Waals surface area contributed by atoms with Gasteiger partial charge in [0.15, 0.2) is 0 Å². The van der Waals surface area contributed by atoms with Crippen molar-refractivity contribution in [1.82, 2.24) is 10.3 Å². The highest BCUT2D eigenvalue weighted by Crippen LogP contribution is 2.32. The van der Waals surface area contributed by atoms with Crippen molar-refractivity contribution >= 4 is 0 Å². The van der Waals surface area contributed by atoms with E-state index in [4.69, 9.17) is 0 Å². The van der Waals surface area contributed by atoms with Crippen LogP contribution < -0.4 is 5.32 Å². The molecule has 1 aromatic carbocycles. The molecule has 3 nitrogen and oxygen atoms in total. The molecule has 3 rings (SSSR count). The lowest BCUT2D eigenvalue weighted by atomic mass is 9.82. The molecule has 0 bridgehead atoms. The molecule has 0 radical (unpaired) electrons. The van der Waals surface area contributed by atoms with Crippen molar-refractivity contribution < 1.29 is 5.11 Å². The molecule has 1 aliphatic carbocycles. The van der Waals surface area contributed by atoms with E-state index in [0.29, 0.717) is 18.5 Å². The topological polar surface area (TPSA) is 45.1 Å². The molecule has 0 aliphatic heterocycles. The van der Waals surface area contributed by atoms with Crippen LogP contribution in [-0.4, -0.2) is 22.7 Å². The summed E-state index contributed by atoms with van der Waals surface area (Å²) in [5.41, 5.74) is 2.40. The lowest BCUT2D eigenvalue weighted by Gasteiger charge is -2.30. The van der Waals surface area contributed by atoms with Crippen molar-refractivity contribution in [2.24, 2.45) is 0 Å². The number of rotatable bonds is 5. The van der Waals surface area contributed by atoms with Gasteiger partial charge in [-0.15, -0.1) is 0 Å². The van der Waals surface area contributed by atoms with Crippen molar-refractivity contribution in [3.8, 4) is 0 Å².